The van der Waals surface area contributed by atoms with Crippen molar-refractivity contribution < 1.29 is 34.2 Å². The van der Waals surface area contributed by atoms with E-state index in [1.54, 1.807) is 0 Å². The second kappa shape index (κ2) is 15.3. The number of aromatic hydroxyl groups is 1. The van der Waals surface area contributed by atoms with Crippen LogP contribution in [0.4, 0.5) is 0 Å². The van der Waals surface area contributed by atoms with Crippen LogP contribution in [-0.4, -0.2) is 70.5 Å². The maximum Gasteiger partial charge on any atom is 0.326 e. The van der Waals surface area contributed by atoms with Gasteiger partial charge in [0.25, 0.3) is 0 Å². The number of carboxylic acid groups (broad SMARTS) is 1. The Morgan fingerprint density at radius 3 is 2.06 bits per heavy atom. The van der Waals surface area contributed by atoms with E-state index in [0.29, 0.717) is 24.9 Å². The van der Waals surface area contributed by atoms with E-state index in [-0.39, 0.29) is 31.4 Å². The molecule has 0 aromatic heterocycles. The van der Waals surface area contributed by atoms with Gasteiger partial charge in [0.15, 0.2) is 0 Å². The summed E-state index contributed by atoms with van der Waals surface area (Å²) >= 11 is 0. The van der Waals surface area contributed by atoms with Crippen molar-refractivity contribution in [3.05, 3.63) is 29.8 Å². The van der Waals surface area contributed by atoms with Gasteiger partial charge in [-0.2, -0.15) is 0 Å². The smallest absolute Gasteiger partial charge is 0.326 e. The van der Waals surface area contributed by atoms with E-state index in [4.69, 9.17) is 17.2 Å². The molecule has 4 amide bonds. The fraction of sp³-hybridized carbons (Fsp3) is 0.522. The van der Waals surface area contributed by atoms with Crippen LogP contribution in [0.1, 0.15) is 44.6 Å². The van der Waals surface area contributed by atoms with E-state index in [9.17, 15) is 34.2 Å². The number of phenolic OH excluding ortho intramolecular Hbond substituents is 1. The van der Waals surface area contributed by atoms with Crippen LogP contribution in [0.15, 0.2) is 24.3 Å². The largest absolute Gasteiger partial charge is 0.508 e. The van der Waals surface area contributed by atoms with E-state index in [1.807, 2.05) is 0 Å². The Morgan fingerprint density at radius 1 is 0.889 bits per heavy atom. The number of hydrogen-bond donors (Lipinski definition) is 8. The van der Waals surface area contributed by atoms with E-state index < -0.39 is 53.8 Å². The molecule has 0 aliphatic carbocycles. The van der Waals surface area contributed by atoms with Gasteiger partial charge in [-0.25, -0.2) is 4.79 Å². The van der Waals surface area contributed by atoms with Gasteiger partial charge in [0.05, 0.1) is 6.04 Å². The van der Waals surface area contributed by atoms with Gasteiger partial charge in [0.2, 0.25) is 23.6 Å². The predicted molar refractivity (Wildman–Crippen MR) is 130 cm³/mol. The van der Waals surface area contributed by atoms with Gasteiger partial charge in [0, 0.05) is 12.8 Å². The number of amides is 4. The highest BCUT2D eigenvalue weighted by molar-refractivity contribution is 5.94. The fourth-order valence-electron chi connectivity index (χ4n) is 3.21. The van der Waals surface area contributed by atoms with Gasteiger partial charge in [-0.15, -0.1) is 0 Å². The lowest BCUT2D eigenvalue weighted by atomic mass is 10.0. The average molecular weight is 509 g/mol. The molecule has 0 bridgehead atoms. The third-order valence-electron chi connectivity index (χ3n) is 5.36. The number of carbonyl (C=O) groups is 5. The van der Waals surface area contributed by atoms with Crippen LogP contribution in [0, 0.1) is 0 Å². The van der Waals surface area contributed by atoms with Crippen molar-refractivity contribution in [3.8, 4) is 5.75 Å². The Hall–Kier alpha value is -3.71. The topological polar surface area (TPSA) is 240 Å². The van der Waals surface area contributed by atoms with E-state index in [2.05, 4.69) is 16.0 Å². The molecule has 1 rings (SSSR count). The molecule has 4 unspecified atom stereocenters. The molecule has 0 fully saturated rings. The second-order valence-electron chi connectivity index (χ2n) is 8.46. The lowest BCUT2D eigenvalue weighted by Gasteiger charge is -2.23. The summed E-state index contributed by atoms with van der Waals surface area (Å²) in [5.74, 6) is -3.91. The highest BCUT2D eigenvalue weighted by atomic mass is 16.4. The molecule has 0 aliphatic rings. The Kier molecular flexibility index (Phi) is 12.9. The number of unbranched alkanes of at least 4 members (excludes halogenated alkanes) is 1. The second-order valence-corrected chi connectivity index (χ2v) is 8.46. The normalized spacial score (nSPS) is 14.1. The zero-order chi connectivity index (χ0) is 27.3. The molecule has 13 heteroatoms. The standard InChI is InChI=1S/C23H36N6O7/c1-13(20(32)29-18(23(35)36)12-14-5-7-15(30)8-6-14)27-22(34)17(4-2-3-11-24)28-21(33)16(25)9-10-19(26)31/h5-8,13,16-18,30H,2-4,9-12,24-25H2,1H3,(H2,26,31)(H,27,34)(H,28,33)(H,29,32)(H,35,36). The summed E-state index contributed by atoms with van der Waals surface area (Å²) in [5, 5.41) is 26.2. The van der Waals surface area contributed by atoms with E-state index in [0.717, 1.165) is 0 Å². The minimum atomic E-state index is -1.27. The zero-order valence-corrected chi connectivity index (χ0v) is 20.2. The van der Waals surface area contributed by atoms with Gasteiger partial charge in [-0.3, -0.25) is 19.2 Å². The summed E-state index contributed by atoms with van der Waals surface area (Å²) in [6.07, 6.45) is 1.22. The number of benzene rings is 1. The molecular formula is C23H36N6O7. The van der Waals surface area contributed by atoms with E-state index >= 15 is 0 Å². The molecule has 0 spiro atoms. The number of hydrogen-bond acceptors (Lipinski definition) is 8. The van der Waals surface area contributed by atoms with Crippen LogP contribution in [0.3, 0.4) is 0 Å². The van der Waals surface area contributed by atoms with Crippen LogP contribution in [-0.2, 0) is 30.4 Å². The molecule has 0 saturated heterocycles. The van der Waals surface area contributed by atoms with Crippen molar-refractivity contribution in [1.29, 1.82) is 0 Å². The lowest BCUT2D eigenvalue weighted by Crippen LogP contribution is -2.56. The monoisotopic (exact) mass is 508 g/mol. The quantitative estimate of drug-likeness (QED) is 0.117. The summed E-state index contributed by atoms with van der Waals surface area (Å²) in [5.41, 5.74) is 16.9. The molecule has 0 radical (unpaired) electrons. The SMILES string of the molecule is CC(NC(=O)C(CCCCN)NC(=O)C(N)CCC(N)=O)C(=O)NC(Cc1ccc(O)cc1)C(=O)O. The summed E-state index contributed by atoms with van der Waals surface area (Å²) in [6.45, 7) is 1.76. The number of primary amides is 1. The molecule has 1 aromatic carbocycles. The molecule has 200 valence electrons. The molecular weight excluding hydrogens is 472 g/mol. The predicted octanol–water partition coefficient (Wildman–Crippen LogP) is -1.78. The number of nitrogens with one attached hydrogen (secondary N) is 3. The molecule has 0 saturated carbocycles. The third kappa shape index (κ3) is 11.1. The van der Waals surface area contributed by atoms with Crippen molar-refractivity contribution in [3.63, 3.8) is 0 Å². The number of aliphatic carboxylic acids is 1. The molecule has 4 atom stereocenters. The number of carbonyl (C=O) groups excluding carboxylic acids is 4. The first kappa shape index (κ1) is 30.3. The van der Waals surface area contributed by atoms with Crippen molar-refractivity contribution in [2.24, 2.45) is 17.2 Å². The Morgan fingerprint density at radius 2 is 1.50 bits per heavy atom. The summed E-state index contributed by atoms with van der Waals surface area (Å²) in [7, 11) is 0. The minimum Gasteiger partial charge on any atom is -0.508 e. The first-order valence-electron chi connectivity index (χ1n) is 11.6. The van der Waals surface area contributed by atoms with Crippen LogP contribution in [0.2, 0.25) is 0 Å². The van der Waals surface area contributed by atoms with E-state index in [1.165, 1.54) is 31.2 Å². The number of carboxylic acids is 1. The van der Waals surface area contributed by atoms with Gasteiger partial charge < -0.3 is 43.4 Å². The van der Waals surface area contributed by atoms with Gasteiger partial charge in [-0.1, -0.05) is 12.1 Å². The zero-order valence-electron chi connectivity index (χ0n) is 20.2. The molecule has 0 aliphatic heterocycles. The van der Waals surface area contributed by atoms with Crippen molar-refractivity contribution >= 4 is 29.6 Å². The highest BCUT2D eigenvalue weighted by Crippen LogP contribution is 2.11. The van der Waals surface area contributed by atoms with Gasteiger partial charge >= 0.3 is 5.97 Å². The maximum absolute atomic E-state index is 12.8. The molecule has 13 nitrogen and oxygen atoms in total. The number of nitrogens with two attached hydrogens (primary N) is 3. The Labute approximate surface area is 209 Å². The summed E-state index contributed by atoms with van der Waals surface area (Å²) in [4.78, 5) is 60.4. The fourth-order valence-corrected chi connectivity index (χ4v) is 3.21. The Bertz CT molecular complexity index is 909. The van der Waals surface area contributed by atoms with Crippen LogP contribution < -0.4 is 33.2 Å². The highest BCUT2D eigenvalue weighted by Gasteiger charge is 2.28. The maximum atomic E-state index is 12.8. The van der Waals surface area contributed by atoms with Crippen LogP contribution in [0.5, 0.6) is 5.75 Å². The minimum absolute atomic E-state index is 0.00865. The van der Waals surface area contributed by atoms with Crippen molar-refractivity contribution in [2.75, 3.05) is 6.54 Å². The number of rotatable bonds is 16. The summed E-state index contributed by atoms with van der Waals surface area (Å²) in [6, 6.07) is 1.40. The third-order valence-corrected chi connectivity index (χ3v) is 5.36. The molecule has 1 aromatic rings. The van der Waals surface area contributed by atoms with Crippen LogP contribution in [0.25, 0.3) is 0 Å². The van der Waals surface area contributed by atoms with Crippen LogP contribution >= 0.6 is 0 Å². The Balaban J connectivity index is 2.78. The summed E-state index contributed by atoms with van der Waals surface area (Å²) < 4.78 is 0. The average Bonchev–Trinajstić information content (AvgIpc) is 2.82. The van der Waals surface area contributed by atoms with Crippen molar-refractivity contribution in [2.45, 2.75) is 69.6 Å². The molecule has 11 N–H and O–H groups in total. The first-order valence-corrected chi connectivity index (χ1v) is 11.6. The molecule has 36 heavy (non-hydrogen) atoms. The van der Waals surface area contributed by atoms with Gasteiger partial charge in [-0.05, 0) is 56.8 Å². The first-order chi connectivity index (χ1) is 16.9. The number of phenols is 1. The van der Waals surface area contributed by atoms with Gasteiger partial charge in [0.1, 0.15) is 23.9 Å². The van der Waals surface area contributed by atoms with Crippen molar-refractivity contribution in [1.82, 2.24) is 16.0 Å². The molecule has 0 heterocycles. The lowest BCUT2D eigenvalue weighted by molar-refractivity contribution is -0.142.